The highest BCUT2D eigenvalue weighted by atomic mass is 19.4. The Morgan fingerprint density at radius 3 is 2.48 bits per heavy atom. The fourth-order valence-corrected chi connectivity index (χ4v) is 1.88. The van der Waals surface area contributed by atoms with Crippen LogP contribution >= 0.6 is 0 Å². The van der Waals surface area contributed by atoms with Gasteiger partial charge in [0.25, 0.3) is 5.91 Å². The number of carbonyl (C=O) groups excluding carboxylic acids is 2. The largest absolute Gasteiger partial charge is 0.420 e. The van der Waals surface area contributed by atoms with Crippen LogP contribution < -0.4 is 10.6 Å². The van der Waals surface area contributed by atoms with Crippen molar-refractivity contribution < 1.29 is 22.8 Å². The topological polar surface area (TPSA) is 74.3 Å². The standard InChI is InChI=1S/C12H13F3N4O2/c1-11(12(13,14)15)9(20)19(10(21)18-11)6-7-3-4-8(16-2)17-5-7/h3-5H,6H2,1-2H3,(H,16,17)(H,18,21). The lowest BCUT2D eigenvalue weighted by Gasteiger charge is -2.24. The first kappa shape index (κ1) is 15.1. The maximum atomic E-state index is 12.9. The van der Waals surface area contributed by atoms with Crippen LogP contribution in [0.4, 0.5) is 23.8 Å². The molecule has 0 spiro atoms. The molecule has 2 N–H and O–H groups in total. The van der Waals surface area contributed by atoms with Gasteiger partial charge in [0.05, 0.1) is 6.54 Å². The highest BCUT2D eigenvalue weighted by Crippen LogP contribution is 2.35. The SMILES string of the molecule is CNc1ccc(CN2C(=O)NC(C)(C(F)(F)F)C2=O)cn1. The van der Waals surface area contributed by atoms with Gasteiger partial charge < -0.3 is 10.6 Å². The quantitative estimate of drug-likeness (QED) is 0.830. The molecule has 0 aromatic carbocycles. The van der Waals surface area contributed by atoms with Gasteiger partial charge in [-0.3, -0.25) is 9.69 Å². The van der Waals surface area contributed by atoms with Crippen molar-refractivity contribution in [2.45, 2.75) is 25.2 Å². The summed E-state index contributed by atoms with van der Waals surface area (Å²) in [6.07, 6.45) is -3.47. The number of hydrogen-bond acceptors (Lipinski definition) is 4. The summed E-state index contributed by atoms with van der Waals surface area (Å²) < 4.78 is 38.7. The molecule has 0 radical (unpaired) electrons. The molecule has 0 bridgehead atoms. The number of amides is 3. The lowest BCUT2D eigenvalue weighted by molar-refractivity contribution is -0.191. The maximum Gasteiger partial charge on any atom is 0.420 e. The number of anilines is 1. The molecule has 1 saturated heterocycles. The van der Waals surface area contributed by atoms with Crippen molar-refractivity contribution in [2.75, 3.05) is 12.4 Å². The Morgan fingerprint density at radius 2 is 2.05 bits per heavy atom. The van der Waals surface area contributed by atoms with Crippen LogP contribution in [0.2, 0.25) is 0 Å². The van der Waals surface area contributed by atoms with E-state index < -0.39 is 23.7 Å². The van der Waals surface area contributed by atoms with E-state index >= 15 is 0 Å². The number of urea groups is 1. The zero-order valence-corrected chi connectivity index (χ0v) is 11.3. The predicted molar refractivity (Wildman–Crippen MR) is 67.3 cm³/mol. The number of nitrogens with zero attached hydrogens (tertiary/aromatic N) is 2. The first-order chi connectivity index (χ1) is 9.69. The summed E-state index contributed by atoms with van der Waals surface area (Å²) in [6, 6.07) is 2.09. The Balaban J connectivity index is 2.21. The van der Waals surface area contributed by atoms with Crippen molar-refractivity contribution in [3.8, 4) is 0 Å². The van der Waals surface area contributed by atoms with E-state index in [9.17, 15) is 22.8 Å². The number of alkyl halides is 3. The summed E-state index contributed by atoms with van der Waals surface area (Å²) in [6.45, 7) is 0.378. The van der Waals surface area contributed by atoms with Crippen molar-refractivity contribution in [1.82, 2.24) is 15.2 Å². The van der Waals surface area contributed by atoms with Crippen LogP contribution in [0.3, 0.4) is 0 Å². The van der Waals surface area contributed by atoms with Crippen LogP contribution in [0.25, 0.3) is 0 Å². The number of nitrogens with one attached hydrogen (secondary N) is 2. The van der Waals surface area contributed by atoms with Crippen molar-refractivity contribution in [2.24, 2.45) is 0 Å². The Labute approximate surface area is 118 Å². The second kappa shape index (κ2) is 4.90. The minimum absolute atomic E-state index is 0.271. The summed E-state index contributed by atoms with van der Waals surface area (Å²) in [7, 11) is 1.66. The number of carbonyl (C=O) groups is 2. The van der Waals surface area contributed by atoms with Gasteiger partial charge in [-0.15, -0.1) is 0 Å². The average molecular weight is 302 g/mol. The molecule has 0 saturated carbocycles. The van der Waals surface area contributed by atoms with Gasteiger partial charge in [0.15, 0.2) is 0 Å². The fraction of sp³-hybridized carbons (Fsp3) is 0.417. The van der Waals surface area contributed by atoms with Crippen molar-refractivity contribution in [3.05, 3.63) is 23.9 Å². The maximum absolute atomic E-state index is 12.9. The number of imide groups is 1. The summed E-state index contributed by atoms with van der Waals surface area (Å²) >= 11 is 0. The molecule has 1 aromatic heterocycles. The number of aromatic nitrogens is 1. The third kappa shape index (κ3) is 2.50. The van der Waals surface area contributed by atoms with Gasteiger partial charge >= 0.3 is 12.2 Å². The molecule has 9 heteroatoms. The van der Waals surface area contributed by atoms with Crippen LogP contribution in [0.1, 0.15) is 12.5 Å². The van der Waals surface area contributed by atoms with Crippen LogP contribution in [-0.2, 0) is 11.3 Å². The normalized spacial score (nSPS) is 22.4. The highest BCUT2D eigenvalue weighted by Gasteiger charge is 2.64. The Morgan fingerprint density at radius 1 is 1.38 bits per heavy atom. The second-order valence-electron chi connectivity index (χ2n) is 4.75. The third-order valence-corrected chi connectivity index (χ3v) is 3.26. The van der Waals surface area contributed by atoms with Crippen LogP contribution in [-0.4, -0.2) is 40.6 Å². The Kier molecular flexibility index (Phi) is 3.52. The summed E-state index contributed by atoms with van der Waals surface area (Å²) in [5, 5.41) is 4.47. The van der Waals surface area contributed by atoms with Crippen molar-refractivity contribution >= 4 is 17.8 Å². The van der Waals surface area contributed by atoms with E-state index in [1.165, 1.54) is 6.20 Å². The van der Waals surface area contributed by atoms with E-state index in [0.29, 0.717) is 23.2 Å². The van der Waals surface area contributed by atoms with Crippen LogP contribution in [0.5, 0.6) is 0 Å². The van der Waals surface area contributed by atoms with Crippen molar-refractivity contribution in [3.63, 3.8) is 0 Å². The van der Waals surface area contributed by atoms with Gasteiger partial charge in [0, 0.05) is 13.2 Å². The molecule has 6 nitrogen and oxygen atoms in total. The molecule has 1 aliphatic heterocycles. The summed E-state index contributed by atoms with van der Waals surface area (Å²) in [4.78, 5) is 28.0. The van der Waals surface area contributed by atoms with E-state index in [0.717, 1.165) is 0 Å². The number of rotatable bonds is 3. The molecule has 1 aliphatic rings. The smallest absolute Gasteiger partial charge is 0.373 e. The minimum Gasteiger partial charge on any atom is -0.373 e. The summed E-state index contributed by atoms with van der Waals surface area (Å²) in [5.41, 5.74) is -2.44. The predicted octanol–water partition coefficient (Wildman–Crippen LogP) is 1.50. The number of halogens is 3. The van der Waals surface area contributed by atoms with Gasteiger partial charge in [-0.1, -0.05) is 6.07 Å². The lowest BCUT2D eigenvalue weighted by atomic mass is 10.0. The average Bonchev–Trinajstić information content (AvgIpc) is 2.64. The first-order valence-corrected chi connectivity index (χ1v) is 6.02. The van der Waals surface area contributed by atoms with E-state index in [-0.39, 0.29) is 6.54 Å². The Bertz CT molecular complexity index is 573. The third-order valence-electron chi connectivity index (χ3n) is 3.26. The molecular formula is C12H13F3N4O2. The van der Waals surface area contributed by atoms with E-state index in [1.807, 2.05) is 0 Å². The fourth-order valence-electron chi connectivity index (χ4n) is 1.88. The lowest BCUT2D eigenvalue weighted by Crippen LogP contribution is -2.56. The van der Waals surface area contributed by atoms with Gasteiger partial charge in [-0.05, 0) is 18.6 Å². The van der Waals surface area contributed by atoms with Gasteiger partial charge in [-0.2, -0.15) is 13.2 Å². The molecule has 2 heterocycles. The van der Waals surface area contributed by atoms with Gasteiger partial charge in [-0.25, -0.2) is 9.78 Å². The van der Waals surface area contributed by atoms with Crippen LogP contribution in [0, 0.1) is 0 Å². The molecule has 1 aromatic rings. The highest BCUT2D eigenvalue weighted by molar-refractivity contribution is 6.07. The molecule has 1 fully saturated rings. The molecule has 2 rings (SSSR count). The molecule has 1 unspecified atom stereocenters. The zero-order valence-electron chi connectivity index (χ0n) is 11.3. The van der Waals surface area contributed by atoms with E-state index in [2.05, 4.69) is 10.3 Å². The monoisotopic (exact) mass is 302 g/mol. The number of hydrogen-bond donors (Lipinski definition) is 2. The summed E-state index contributed by atoms with van der Waals surface area (Å²) in [5.74, 6) is -0.756. The minimum atomic E-state index is -4.86. The van der Waals surface area contributed by atoms with Crippen LogP contribution in [0.15, 0.2) is 18.3 Å². The van der Waals surface area contributed by atoms with Gasteiger partial charge in [0.2, 0.25) is 5.54 Å². The zero-order chi connectivity index (χ0) is 15.8. The molecule has 1 atom stereocenters. The molecule has 3 amide bonds. The van der Waals surface area contributed by atoms with Gasteiger partial charge in [0.1, 0.15) is 5.82 Å². The molecule has 0 aliphatic carbocycles. The van der Waals surface area contributed by atoms with Crippen molar-refractivity contribution in [1.29, 1.82) is 0 Å². The molecular weight excluding hydrogens is 289 g/mol. The second-order valence-corrected chi connectivity index (χ2v) is 4.75. The molecule has 114 valence electrons. The van der Waals surface area contributed by atoms with E-state index in [1.54, 1.807) is 24.5 Å². The Hall–Kier alpha value is -2.32. The molecule has 21 heavy (non-hydrogen) atoms. The first-order valence-electron chi connectivity index (χ1n) is 6.02. The number of pyridine rings is 1. The van der Waals surface area contributed by atoms with E-state index in [4.69, 9.17) is 0 Å².